The molecule has 0 unspecified atom stereocenters. The van der Waals surface area contributed by atoms with Gasteiger partial charge in [-0.25, -0.2) is 4.98 Å². The molecule has 1 aromatic heterocycles. The van der Waals surface area contributed by atoms with E-state index in [1.165, 1.54) is 28.0 Å². The number of hydrogen-bond acceptors (Lipinski definition) is 9. The van der Waals surface area contributed by atoms with Crippen molar-refractivity contribution >= 4 is 46.0 Å². The highest BCUT2D eigenvalue weighted by molar-refractivity contribution is 8.03. The third-order valence-corrected chi connectivity index (χ3v) is 9.23. The van der Waals surface area contributed by atoms with E-state index in [0.717, 1.165) is 24.4 Å². The largest absolute Gasteiger partial charge is 0.543 e. The van der Waals surface area contributed by atoms with Gasteiger partial charge in [0.1, 0.15) is 5.69 Å². The van der Waals surface area contributed by atoms with Crippen molar-refractivity contribution in [2.45, 2.75) is 56.5 Å². The number of nitrogens with one attached hydrogen (secondary N) is 1. The van der Waals surface area contributed by atoms with Gasteiger partial charge in [0.05, 0.1) is 29.7 Å². The minimum absolute atomic E-state index is 0.0444. The van der Waals surface area contributed by atoms with E-state index in [4.69, 9.17) is 0 Å². The average Bonchev–Trinajstić information content (AvgIpc) is 3.23. The van der Waals surface area contributed by atoms with Gasteiger partial charge in [-0.2, -0.15) is 0 Å². The lowest BCUT2D eigenvalue weighted by Crippen LogP contribution is -2.64. The highest BCUT2D eigenvalue weighted by Crippen LogP contribution is 2.52. The van der Waals surface area contributed by atoms with Gasteiger partial charge in [0.2, 0.25) is 5.91 Å². The van der Waals surface area contributed by atoms with Crippen LogP contribution in [-0.2, 0) is 9.59 Å². The summed E-state index contributed by atoms with van der Waals surface area (Å²) in [5, 5.41) is 27.5. The standard InChI is InChI=1S/C21H26N4O5S2/c1-9-15-14(10(2)26)19(28)25(15)16(20(29)30)17(9)32-12-6-24(7-12)21-23-13(8-31-21)18(27)22-11-4-3-5-11/h8-12,14-15,26H,3-7H2,1-2H3,(H,22,27)(H,29,30)/p-1/t9-,10-,14-,15-/m1/s1. The van der Waals surface area contributed by atoms with E-state index in [1.807, 2.05) is 6.92 Å². The fraction of sp³-hybridized carbons (Fsp3) is 0.619. The van der Waals surface area contributed by atoms with Gasteiger partial charge in [0.25, 0.3) is 5.91 Å². The van der Waals surface area contributed by atoms with E-state index in [9.17, 15) is 24.6 Å². The zero-order valence-electron chi connectivity index (χ0n) is 17.8. The van der Waals surface area contributed by atoms with Gasteiger partial charge >= 0.3 is 0 Å². The monoisotopic (exact) mass is 477 g/mol. The van der Waals surface area contributed by atoms with Crippen molar-refractivity contribution in [2.24, 2.45) is 11.8 Å². The number of hydrogen-bond donors (Lipinski definition) is 2. The molecule has 0 bridgehead atoms. The second kappa shape index (κ2) is 8.03. The molecular formula is C21H25N4O5S2-. The summed E-state index contributed by atoms with van der Waals surface area (Å²) >= 11 is 2.90. The third kappa shape index (κ3) is 3.41. The molecule has 4 heterocycles. The van der Waals surface area contributed by atoms with Crippen LogP contribution in [0.3, 0.4) is 0 Å². The molecule has 11 heteroatoms. The molecule has 3 aliphatic heterocycles. The molecule has 32 heavy (non-hydrogen) atoms. The van der Waals surface area contributed by atoms with Crippen LogP contribution in [0.4, 0.5) is 5.13 Å². The number of carboxylic acids is 1. The summed E-state index contributed by atoms with van der Waals surface area (Å²) in [7, 11) is 0. The molecule has 0 spiro atoms. The Kier molecular flexibility index (Phi) is 5.45. The minimum atomic E-state index is -1.35. The van der Waals surface area contributed by atoms with Gasteiger partial charge in [0.15, 0.2) is 5.13 Å². The molecular weight excluding hydrogens is 452 g/mol. The Labute approximate surface area is 193 Å². The van der Waals surface area contributed by atoms with Crippen molar-refractivity contribution in [3.63, 3.8) is 0 Å². The molecule has 2 amide bonds. The first-order valence-electron chi connectivity index (χ1n) is 10.9. The van der Waals surface area contributed by atoms with Crippen LogP contribution in [0, 0.1) is 11.8 Å². The molecule has 2 saturated heterocycles. The molecule has 4 atom stereocenters. The molecule has 172 valence electrons. The first-order valence-corrected chi connectivity index (χ1v) is 12.7. The molecule has 1 saturated carbocycles. The van der Waals surface area contributed by atoms with Crippen LogP contribution in [0.5, 0.6) is 0 Å². The van der Waals surface area contributed by atoms with Crippen molar-refractivity contribution in [1.29, 1.82) is 0 Å². The summed E-state index contributed by atoms with van der Waals surface area (Å²) in [4.78, 5) is 45.0. The Morgan fingerprint density at radius 2 is 2.09 bits per heavy atom. The van der Waals surface area contributed by atoms with Gasteiger partial charge in [-0.05, 0) is 26.2 Å². The fourth-order valence-corrected chi connectivity index (χ4v) is 7.18. The number of thioether (sulfide) groups is 1. The molecule has 5 rings (SSSR count). The number of rotatable bonds is 7. The number of anilines is 1. The Morgan fingerprint density at radius 1 is 1.38 bits per heavy atom. The number of aliphatic carboxylic acids is 1. The van der Waals surface area contributed by atoms with Crippen LogP contribution < -0.4 is 15.3 Å². The van der Waals surface area contributed by atoms with Crippen molar-refractivity contribution in [3.8, 4) is 0 Å². The number of carbonyl (C=O) groups excluding carboxylic acids is 3. The summed E-state index contributed by atoms with van der Waals surface area (Å²) in [6, 6.07) is -0.0619. The quantitative estimate of drug-likeness (QED) is 0.532. The second-order valence-corrected chi connectivity index (χ2v) is 11.2. The van der Waals surface area contributed by atoms with Gasteiger partial charge in [-0.15, -0.1) is 23.1 Å². The Hall–Kier alpha value is -2.11. The molecule has 9 nitrogen and oxygen atoms in total. The highest BCUT2D eigenvalue weighted by Gasteiger charge is 2.59. The Morgan fingerprint density at radius 3 is 2.69 bits per heavy atom. The summed E-state index contributed by atoms with van der Waals surface area (Å²) in [6.07, 6.45) is 2.38. The van der Waals surface area contributed by atoms with Crippen LogP contribution in [0.15, 0.2) is 16.0 Å². The molecule has 4 aliphatic rings. The predicted molar refractivity (Wildman–Crippen MR) is 118 cm³/mol. The maximum absolute atomic E-state index is 12.4. The van der Waals surface area contributed by atoms with Crippen molar-refractivity contribution in [3.05, 3.63) is 21.7 Å². The number of aliphatic hydroxyl groups is 1. The Bertz CT molecular complexity index is 998. The van der Waals surface area contributed by atoms with E-state index in [0.29, 0.717) is 23.7 Å². The van der Waals surface area contributed by atoms with Crippen LogP contribution in [-0.4, -0.2) is 69.3 Å². The first kappa shape index (κ1) is 21.7. The molecule has 3 fully saturated rings. The maximum Gasteiger partial charge on any atom is 0.271 e. The molecule has 2 N–H and O–H groups in total. The number of amides is 2. The zero-order chi connectivity index (χ0) is 22.7. The SMILES string of the molecule is C[C@@H](O)[C@H]1C(=O)N2C(C(=O)[O-])=C(SC3CN(c4nc(C(=O)NC5CCC5)cs4)C3)[C@H](C)[C@H]12. The number of thiazole rings is 1. The minimum Gasteiger partial charge on any atom is -0.543 e. The molecule has 1 aromatic rings. The van der Waals surface area contributed by atoms with E-state index in [2.05, 4.69) is 15.2 Å². The van der Waals surface area contributed by atoms with Gasteiger partial charge in [-0.3, -0.25) is 9.59 Å². The number of aromatic nitrogens is 1. The van der Waals surface area contributed by atoms with Gasteiger partial charge in [-0.1, -0.05) is 6.92 Å². The van der Waals surface area contributed by atoms with Crippen molar-refractivity contribution in [1.82, 2.24) is 15.2 Å². The topological polar surface area (TPSA) is 126 Å². The lowest BCUT2D eigenvalue weighted by atomic mass is 9.79. The van der Waals surface area contributed by atoms with Crippen LogP contribution in [0.1, 0.15) is 43.6 Å². The number of fused-ring (bicyclic) bond motifs is 1. The van der Waals surface area contributed by atoms with Gasteiger partial charge in [0, 0.05) is 40.6 Å². The lowest BCUT2D eigenvalue weighted by Gasteiger charge is -2.47. The summed E-state index contributed by atoms with van der Waals surface area (Å²) in [5.74, 6) is -2.57. The number of β-lactam (4-membered cyclic amide) rings is 1. The molecule has 0 aromatic carbocycles. The smallest absolute Gasteiger partial charge is 0.271 e. The normalized spacial score (nSPS) is 28.7. The van der Waals surface area contributed by atoms with Gasteiger partial charge < -0.3 is 30.1 Å². The first-order chi connectivity index (χ1) is 15.3. The van der Waals surface area contributed by atoms with Crippen molar-refractivity contribution in [2.75, 3.05) is 18.0 Å². The van der Waals surface area contributed by atoms with Crippen LogP contribution in [0.2, 0.25) is 0 Å². The molecule has 1 aliphatic carbocycles. The lowest BCUT2D eigenvalue weighted by molar-refractivity contribution is -0.301. The summed E-state index contributed by atoms with van der Waals surface area (Å²) in [6.45, 7) is 4.82. The number of nitrogens with zero attached hydrogens (tertiary/aromatic N) is 3. The highest BCUT2D eigenvalue weighted by atomic mass is 32.2. The average molecular weight is 478 g/mol. The van der Waals surface area contributed by atoms with Crippen LogP contribution in [0.25, 0.3) is 0 Å². The zero-order valence-corrected chi connectivity index (χ0v) is 19.4. The Balaban J connectivity index is 1.22. The summed E-state index contributed by atoms with van der Waals surface area (Å²) < 4.78 is 0. The second-order valence-electron chi connectivity index (χ2n) is 9.02. The van der Waals surface area contributed by atoms with Crippen LogP contribution >= 0.6 is 23.1 Å². The third-order valence-electron chi connectivity index (χ3n) is 6.88. The molecule has 0 radical (unpaired) electrons. The number of carboxylic acid groups (broad SMARTS) is 1. The predicted octanol–water partition coefficient (Wildman–Crippen LogP) is 0.166. The summed E-state index contributed by atoms with van der Waals surface area (Å²) in [5.41, 5.74) is 0.392. The fourth-order valence-electron chi connectivity index (χ4n) is 4.84. The van der Waals surface area contributed by atoms with E-state index in [1.54, 1.807) is 12.3 Å². The van der Waals surface area contributed by atoms with E-state index < -0.39 is 18.0 Å². The number of aliphatic hydroxyl groups excluding tert-OH is 1. The van der Waals surface area contributed by atoms with Crippen molar-refractivity contribution < 1.29 is 24.6 Å². The van der Waals surface area contributed by atoms with E-state index >= 15 is 0 Å². The number of carbonyl (C=O) groups is 3. The maximum atomic E-state index is 12.4. The van der Waals surface area contributed by atoms with E-state index in [-0.39, 0.29) is 40.8 Å².